The van der Waals surface area contributed by atoms with E-state index in [2.05, 4.69) is 17.5 Å². The van der Waals surface area contributed by atoms with Crippen LogP contribution in [0.1, 0.15) is 17.2 Å². The molecule has 0 aliphatic carbocycles. The fourth-order valence-corrected chi connectivity index (χ4v) is 3.77. The van der Waals surface area contributed by atoms with Crippen LogP contribution in [0.2, 0.25) is 0 Å². The van der Waals surface area contributed by atoms with E-state index in [1.807, 2.05) is 60.7 Å². The number of methoxy groups -OCH3 is 1. The molecule has 2 aromatic rings. The Balaban J connectivity index is 2.09. The van der Waals surface area contributed by atoms with Gasteiger partial charge in [-0.25, -0.2) is 4.79 Å². The predicted octanol–water partition coefficient (Wildman–Crippen LogP) is 2.76. The quantitative estimate of drug-likeness (QED) is 0.861. The molecule has 4 unspecified atom stereocenters. The lowest BCUT2D eigenvalue weighted by Gasteiger charge is -2.30. The molecule has 1 aliphatic heterocycles. The highest BCUT2D eigenvalue weighted by Gasteiger charge is 2.59. The summed E-state index contributed by atoms with van der Waals surface area (Å²) in [7, 11) is 1.31. The second-order valence-electron chi connectivity index (χ2n) is 6.42. The third-order valence-electron chi connectivity index (χ3n) is 4.98. The maximum Gasteiger partial charge on any atom is 0.327 e. The zero-order valence-electron chi connectivity index (χ0n) is 14.4. The highest BCUT2D eigenvalue weighted by Crippen LogP contribution is 2.44. The Bertz CT molecular complexity index is 854. The molecule has 5 heteroatoms. The lowest BCUT2D eigenvalue weighted by molar-refractivity contribution is -0.149. The molecule has 0 amide bonds. The monoisotopic (exact) mass is 345 g/mol. The van der Waals surface area contributed by atoms with Gasteiger partial charge in [-0.2, -0.15) is 10.5 Å². The van der Waals surface area contributed by atoms with Gasteiger partial charge >= 0.3 is 5.97 Å². The van der Waals surface area contributed by atoms with Gasteiger partial charge in [0.05, 0.1) is 37.1 Å². The zero-order chi connectivity index (χ0) is 18.6. The van der Waals surface area contributed by atoms with E-state index in [4.69, 9.17) is 4.74 Å². The molecule has 130 valence electrons. The molecule has 4 atom stereocenters. The van der Waals surface area contributed by atoms with Crippen molar-refractivity contribution >= 4 is 5.97 Å². The van der Waals surface area contributed by atoms with Gasteiger partial charge in [-0.1, -0.05) is 60.7 Å². The SMILES string of the molecule is COC(=O)C1(Cc2ccccc2)NC(c2ccccc2)C(C#N)C1C#N. The van der Waals surface area contributed by atoms with Crippen LogP contribution >= 0.6 is 0 Å². The van der Waals surface area contributed by atoms with Gasteiger partial charge < -0.3 is 4.74 Å². The second-order valence-corrected chi connectivity index (χ2v) is 6.42. The molecule has 0 saturated carbocycles. The molecule has 0 aromatic heterocycles. The average Bonchev–Trinajstić information content (AvgIpc) is 3.03. The van der Waals surface area contributed by atoms with E-state index in [0.717, 1.165) is 11.1 Å². The number of nitriles is 2. The maximum absolute atomic E-state index is 12.8. The summed E-state index contributed by atoms with van der Waals surface area (Å²) in [4.78, 5) is 12.8. The average molecular weight is 345 g/mol. The van der Waals surface area contributed by atoms with Crippen LogP contribution in [0.3, 0.4) is 0 Å². The van der Waals surface area contributed by atoms with Crippen LogP contribution in [0.15, 0.2) is 60.7 Å². The first kappa shape index (κ1) is 17.7. The lowest BCUT2D eigenvalue weighted by atomic mass is 9.76. The number of esters is 1. The Labute approximate surface area is 152 Å². The summed E-state index contributed by atoms with van der Waals surface area (Å²) in [5.41, 5.74) is 0.500. The van der Waals surface area contributed by atoms with Crippen LogP contribution < -0.4 is 5.32 Å². The topological polar surface area (TPSA) is 85.9 Å². The third kappa shape index (κ3) is 2.94. The number of carbonyl (C=O) groups is 1. The molecule has 1 heterocycles. The van der Waals surface area contributed by atoms with Crippen molar-refractivity contribution in [3.63, 3.8) is 0 Å². The summed E-state index contributed by atoms with van der Waals surface area (Å²) in [5, 5.41) is 22.9. The van der Waals surface area contributed by atoms with Crippen molar-refractivity contribution in [3.8, 4) is 12.1 Å². The van der Waals surface area contributed by atoms with E-state index >= 15 is 0 Å². The molecule has 1 aliphatic rings. The fourth-order valence-electron chi connectivity index (χ4n) is 3.77. The summed E-state index contributed by atoms with van der Waals surface area (Å²) >= 11 is 0. The minimum atomic E-state index is -1.27. The highest BCUT2D eigenvalue weighted by molar-refractivity contribution is 5.83. The normalized spacial score (nSPS) is 27.3. The minimum absolute atomic E-state index is 0.278. The van der Waals surface area contributed by atoms with Crippen LogP contribution in [0.5, 0.6) is 0 Å². The number of nitrogens with zero attached hydrogens (tertiary/aromatic N) is 2. The standard InChI is InChI=1S/C21H19N3O2/c1-26-20(25)21(12-15-8-4-2-5-9-15)18(14-23)17(13-22)19(24-21)16-10-6-3-7-11-16/h2-11,17-19,24H,12H2,1H3. The molecule has 1 N–H and O–H groups in total. The Hall–Kier alpha value is -3.15. The van der Waals surface area contributed by atoms with Crippen molar-refractivity contribution in [2.24, 2.45) is 11.8 Å². The Morgan fingerprint density at radius 3 is 2.23 bits per heavy atom. The summed E-state index contributed by atoms with van der Waals surface area (Å²) in [6, 6.07) is 22.9. The van der Waals surface area contributed by atoms with Gasteiger partial charge in [0, 0.05) is 6.42 Å². The van der Waals surface area contributed by atoms with E-state index in [9.17, 15) is 15.3 Å². The van der Waals surface area contributed by atoms with Crippen LogP contribution in [0, 0.1) is 34.5 Å². The molecule has 2 aromatic carbocycles. The van der Waals surface area contributed by atoms with Crippen molar-refractivity contribution in [3.05, 3.63) is 71.8 Å². The van der Waals surface area contributed by atoms with Crippen LogP contribution in [0.25, 0.3) is 0 Å². The minimum Gasteiger partial charge on any atom is -0.468 e. The Morgan fingerprint density at radius 2 is 1.69 bits per heavy atom. The van der Waals surface area contributed by atoms with E-state index in [1.165, 1.54) is 7.11 Å². The molecule has 1 saturated heterocycles. The van der Waals surface area contributed by atoms with Crippen molar-refractivity contribution in [1.82, 2.24) is 5.32 Å². The van der Waals surface area contributed by atoms with E-state index in [0.29, 0.717) is 0 Å². The maximum atomic E-state index is 12.8. The van der Waals surface area contributed by atoms with Gasteiger partial charge in [0.1, 0.15) is 5.54 Å². The molecular formula is C21H19N3O2. The third-order valence-corrected chi connectivity index (χ3v) is 4.98. The molecular weight excluding hydrogens is 326 g/mol. The summed E-state index contributed by atoms with van der Waals surface area (Å²) in [6.45, 7) is 0. The number of benzene rings is 2. The molecule has 3 rings (SSSR count). The molecule has 0 spiro atoms. The van der Waals surface area contributed by atoms with E-state index < -0.39 is 29.4 Å². The predicted molar refractivity (Wildman–Crippen MR) is 95.4 cm³/mol. The number of carbonyl (C=O) groups excluding carboxylic acids is 1. The fraction of sp³-hybridized carbons (Fsp3) is 0.286. The summed E-state index contributed by atoms with van der Waals surface area (Å²) in [6.07, 6.45) is 0.278. The van der Waals surface area contributed by atoms with Crippen molar-refractivity contribution < 1.29 is 9.53 Å². The van der Waals surface area contributed by atoms with Crippen molar-refractivity contribution in [2.45, 2.75) is 18.0 Å². The summed E-state index contributed by atoms with van der Waals surface area (Å²) in [5.74, 6) is -2.01. The van der Waals surface area contributed by atoms with Gasteiger partial charge in [0.25, 0.3) is 0 Å². The first-order valence-electron chi connectivity index (χ1n) is 8.40. The first-order chi connectivity index (χ1) is 12.7. The Kier molecular flexibility index (Phi) is 5.02. The van der Waals surface area contributed by atoms with Gasteiger partial charge in [0.2, 0.25) is 0 Å². The second kappa shape index (κ2) is 7.39. The molecule has 5 nitrogen and oxygen atoms in total. The largest absolute Gasteiger partial charge is 0.468 e. The van der Waals surface area contributed by atoms with Crippen LogP contribution in [-0.4, -0.2) is 18.6 Å². The highest BCUT2D eigenvalue weighted by atomic mass is 16.5. The molecule has 26 heavy (non-hydrogen) atoms. The smallest absolute Gasteiger partial charge is 0.327 e. The number of ether oxygens (including phenoxy) is 1. The molecule has 0 bridgehead atoms. The van der Waals surface area contributed by atoms with Crippen LogP contribution in [-0.2, 0) is 16.0 Å². The number of hydrogen-bond acceptors (Lipinski definition) is 5. The zero-order valence-corrected chi connectivity index (χ0v) is 14.4. The lowest BCUT2D eigenvalue weighted by Crippen LogP contribution is -2.54. The number of rotatable bonds is 4. The Morgan fingerprint density at radius 1 is 1.08 bits per heavy atom. The summed E-state index contributed by atoms with van der Waals surface area (Å²) < 4.78 is 5.06. The van der Waals surface area contributed by atoms with Gasteiger partial charge in [-0.15, -0.1) is 0 Å². The first-order valence-corrected chi connectivity index (χ1v) is 8.40. The molecule has 0 radical (unpaired) electrons. The van der Waals surface area contributed by atoms with Crippen LogP contribution in [0.4, 0.5) is 0 Å². The number of hydrogen-bond donors (Lipinski definition) is 1. The van der Waals surface area contributed by atoms with Crippen molar-refractivity contribution in [1.29, 1.82) is 10.5 Å². The molecule has 1 fully saturated rings. The van der Waals surface area contributed by atoms with E-state index in [1.54, 1.807) is 0 Å². The van der Waals surface area contributed by atoms with Crippen molar-refractivity contribution in [2.75, 3.05) is 7.11 Å². The van der Waals surface area contributed by atoms with Gasteiger partial charge in [-0.3, -0.25) is 5.32 Å². The van der Waals surface area contributed by atoms with Gasteiger partial charge in [-0.05, 0) is 11.1 Å². The van der Waals surface area contributed by atoms with Gasteiger partial charge in [0.15, 0.2) is 0 Å². The number of nitrogens with one attached hydrogen (secondary N) is 1. The van der Waals surface area contributed by atoms with E-state index in [-0.39, 0.29) is 6.42 Å².